The first-order chi connectivity index (χ1) is 15.3. The second-order valence-electron chi connectivity index (χ2n) is 8.07. The molecule has 1 atom stereocenters. The summed E-state index contributed by atoms with van der Waals surface area (Å²) in [4.78, 5) is 26.1. The molecule has 0 spiro atoms. The van der Waals surface area contributed by atoms with Crippen molar-refractivity contribution < 1.29 is 13.5 Å². The van der Waals surface area contributed by atoms with E-state index < -0.39 is 29.0 Å². The Bertz CT molecular complexity index is 1500. The van der Waals surface area contributed by atoms with E-state index in [2.05, 4.69) is 0 Å². The van der Waals surface area contributed by atoms with Crippen molar-refractivity contribution in [3.05, 3.63) is 91.8 Å². The van der Waals surface area contributed by atoms with Crippen LogP contribution in [0.1, 0.15) is 22.9 Å². The molecule has 0 saturated carbocycles. The number of ether oxygens (including phenoxy) is 1. The summed E-state index contributed by atoms with van der Waals surface area (Å²) in [5.74, 6) is -1.99. The summed E-state index contributed by atoms with van der Waals surface area (Å²) < 4.78 is 39.1. The first-order valence-corrected chi connectivity index (χ1v) is 10.3. The maximum atomic E-state index is 14.8. The van der Waals surface area contributed by atoms with Crippen LogP contribution >= 0.6 is 0 Å². The van der Waals surface area contributed by atoms with Crippen LogP contribution in [0.15, 0.2) is 52.1 Å². The molecule has 1 unspecified atom stereocenters. The van der Waals surface area contributed by atoms with E-state index in [0.717, 1.165) is 21.8 Å². The maximum Gasteiger partial charge on any atom is 0.331 e. The van der Waals surface area contributed by atoms with Crippen LogP contribution in [0.25, 0.3) is 22.2 Å². The molecule has 32 heavy (non-hydrogen) atoms. The molecule has 4 aromatic rings. The van der Waals surface area contributed by atoms with Crippen molar-refractivity contribution in [2.75, 3.05) is 6.61 Å². The number of hydrogen-bond donors (Lipinski definition) is 0. The van der Waals surface area contributed by atoms with Crippen LogP contribution in [0.5, 0.6) is 0 Å². The highest BCUT2D eigenvalue weighted by Crippen LogP contribution is 2.41. The van der Waals surface area contributed by atoms with Crippen LogP contribution in [-0.4, -0.2) is 20.3 Å². The van der Waals surface area contributed by atoms with Crippen LogP contribution in [0, 0.1) is 18.6 Å². The zero-order valence-corrected chi connectivity index (χ0v) is 17.9. The number of aryl methyl sites for hydroxylation is 2. The van der Waals surface area contributed by atoms with E-state index in [0.29, 0.717) is 28.8 Å². The Morgan fingerprint density at radius 3 is 2.44 bits per heavy atom. The Morgan fingerprint density at radius 2 is 1.72 bits per heavy atom. The molecule has 8 heteroatoms. The van der Waals surface area contributed by atoms with E-state index >= 15 is 0 Å². The monoisotopic (exact) mass is 437 g/mol. The summed E-state index contributed by atoms with van der Waals surface area (Å²) in [7, 11) is 3.00. The first kappa shape index (κ1) is 20.4. The van der Waals surface area contributed by atoms with E-state index in [9.17, 15) is 18.4 Å². The second kappa shape index (κ2) is 7.27. The molecule has 2 aromatic carbocycles. The van der Waals surface area contributed by atoms with Gasteiger partial charge in [-0.2, -0.15) is 0 Å². The molecule has 0 saturated heterocycles. The van der Waals surface area contributed by atoms with E-state index in [1.807, 2.05) is 35.8 Å². The summed E-state index contributed by atoms with van der Waals surface area (Å²) in [6, 6.07) is 11.6. The predicted octanol–water partition coefficient (Wildman–Crippen LogP) is 3.41. The van der Waals surface area contributed by atoms with Crippen molar-refractivity contribution in [3.8, 4) is 11.3 Å². The normalized spacial score (nSPS) is 15.8. The minimum Gasteiger partial charge on any atom is -0.365 e. The fourth-order valence-corrected chi connectivity index (χ4v) is 4.55. The van der Waals surface area contributed by atoms with E-state index in [4.69, 9.17) is 4.74 Å². The van der Waals surface area contributed by atoms with Crippen molar-refractivity contribution >= 4 is 10.9 Å². The molecular weight excluding hydrogens is 416 g/mol. The topological polar surface area (TPSA) is 58.2 Å². The second-order valence-corrected chi connectivity index (χ2v) is 8.07. The zero-order valence-electron chi connectivity index (χ0n) is 17.9. The molecular formula is C24H21F2N3O3. The van der Waals surface area contributed by atoms with Gasteiger partial charge in [0.15, 0.2) is 11.6 Å². The number of hydrogen-bond acceptors (Lipinski definition) is 3. The van der Waals surface area contributed by atoms with Gasteiger partial charge < -0.3 is 9.30 Å². The summed E-state index contributed by atoms with van der Waals surface area (Å²) in [6.45, 7) is 2.61. The fourth-order valence-electron chi connectivity index (χ4n) is 4.55. The lowest BCUT2D eigenvalue weighted by atomic mass is 10.0. The lowest BCUT2D eigenvalue weighted by Crippen LogP contribution is -2.37. The Morgan fingerprint density at radius 1 is 1.00 bits per heavy atom. The van der Waals surface area contributed by atoms with Gasteiger partial charge in [-0.15, -0.1) is 0 Å². The Kier molecular flexibility index (Phi) is 4.63. The third kappa shape index (κ3) is 2.79. The molecule has 0 radical (unpaired) electrons. The van der Waals surface area contributed by atoms with Crippen molar-refractivity contribution in [3.63, 3.8) is 0 Å². The van der Waals surface area contributed by atoms with Crippen molar-refractivity contribution in [1.82, 2.24) is 13.7 Å². The van der Waals surface area contributed by atoms with Crippen LogP contribution in [-0.2, 0) is 25.4 Å². The molecule has 0 bridgehead atoms. The standard InChI is InChI=1S/C24H21F2N3O3/c1-13-7-9-14(10-8-13)19-17-20(27(2)24(31)28(3)23(17)30)21-22(32-12-11-29(19)21)15-5-4-6-16(25)18(15)26/h4-10,22H,11-12H2,1-3H3. The summed E-state index contributed by atoms with van der Waals surface area (Å²) >= 11 is 0. The molecule has 164 valence electrons. The van der Waals surface area contributed by atoms with Gasteiger partial charge in [-0.25, -0.2) is 13.6 Å². The van der Waals surface area contributed by atoms with Crippen molar-refractivity contribution in [2.45, 2.75) is 19.6 Å². The van der Waals surface area contributed by atoms with Gasteiger partial charge in [0.25, 0.3) is 5.56 Å². The highest BCUT2D eigenvalue weighted by Gasteiger charge is 2.34. The van der Waals surface area contributed by atoms with Crippen molar-refractivity contribution in [1.29, 1.82) is 0 Å². The molecule has 6 nitrogen and oxygen atoms in total. The molecule has 1 aliphatic heterocycles. The van der Waals surface area contributed by atoms with E-state index in [-0.39, 0.29) is 12.2 Å². The third-order valence-corrected chi connectivity index (χ3v) is 6.14. The largest absolute Gasteiger partial charge is 0.365 e. The van der Waals surface area contributed by atoms with Crippen LogP contribution in [0.4, 0.5) is 8.78 Å². The maximum absolute atomic E-state index is 14.8. The summed E-state index contributed by atoms with van der Waals surface area (Å²) in [5, 5.41) is 0.348. The number of rotatable bonds is 2. The molecule has 0 fully saturated rings. The van der Waals surface area contributed by atoms with E-state index in [1.165, 1.54) is 23.7 Å². The average Bonchev–Trinajstić information content (AvgIpc) is 3.14. The first-order valence-electron chi connectivity index (χ1n) is 10.3. The quantitative estimate of drug-likeness (QED) is 0.483. The van der Waals surface area contributed by atoms with Crippen molar-refractivity contribution in [2.24, 2.45) is 14.1 Å². The smallest absolute Gasteiger partial charge is 0.331 e. The number of halogens is 2. The predicted molar refractivity (Wildman–Crippen MR) is 117 cm³/mol. The minimum atomic E-state index is -1.01. The molecule has 2 aromatic heterocycles. The van der Waals surface area contributed by atoms with Gasteiger partial charge in [-0.05, 0) is 18.6 Å². The van der Waals surface area contributed by atoms with Crippen LogP contribution in [0.3, 0.4) is 0 Å². The Labute approximate surface area is 181 Å². The number of fused-ring (bicyclic) bond motifs is 3. The Balaban J connectivity index is 1.95. The van der Waals surface area contributed by atoms with Crippen LogP contribution in [0.2, 0.25) is 0 Å². The van der Waals surface area contributed by atoms with Gasteiger partial charge >= 0.3 is 5.69 Å². The molecule has 5 rings (SSSR count). The summed E-state index contributed by atoms with van der Waals surface area (Å²) in [6.07, 6.45) is -0.973. The average molecular weight is 437 g/mol. The molecule has 0 amide bonds. The van der Waals surface area contributed by atoms with Gasteiger partial charge in [0.2, 0.25) is 0 Å². The summed E-state index contributed by atoms with van der Waals surface area (Å²) in [5.41, 5.74) is 2.39. The lowest BCUT2D eigenvalue weighted by Gasteiger charge is -2.28. The van der Waals surface area contributed by atoms with Gasteiger partial charge in [-0.3, -0.25) is 13.9 Å². The fraction of sp³-hybridized carbons (Fsp3) is 0.250. The van der Waals surface area contributed by atoms with Crippen LogP contribution < -0.4 is 11.2 Å². The minimum absolute atomic E-state index is 0.0222. The molecule has 0 N–H and O–H groups in total. The van der Waals surface area contributed by atoms with Gasteiger partial charge in [0, 0.05) is 26.2 Å². The highest BCUT2D eigenvalue weighted by atomic mass is 19.2. The highest BCUT2D eigenvalue weighted by molar-refractivity contribution is 5.96. The van der Waals surface area contributed by atoms with Gasteiger partial charge in [0.05, 0.1) is 28.9 Å². The van der Waals surface area contributed by atoms with Gasteiger partial charge in [0.1, 0.15) is 6.10 Å². The molecule has 1 aliphatic rings. The van der Waals surface area contributed by atoms with Gasteiger partial charge in [-0.1, -0.05) is 42.0 Å². The zero-order chi connectivity index (χ0) is 22.7. The number of nitrogens with zero attached hydrogens (tertiary/aromatic N) is 3. The SMILES string of the molecule is Cc1ccc(-c2c3c(=O)n(C)c(=O)n(C)c3c3n2CCOC3c2cccc(F)c2F)cc1. The third-order valence-electron chi connectivity index (χ3n) is 6.14. The number of benzene rings is 2. The molecule has 3 heterocycles. The van der Waals surface area contributed by atoms with E-state index in [1.54, 1.807) is 7.05 Å². The molecule has 0 aliphatic carbocycles. The number of aromatic nitrogens is 3. The Hall–Kier alpha value is -3.52. The lowest BCUT2D eigenvalue weighted by molar-refractivity contribution is 0.0453.